The molecule has 0 saturated carbocycles. The summed E-state index contributed by atoms with van der Waals surface area (Å²) in [6.45, 7) is 4.27. The second kappa shape index (κ2) is 7.61. The highest BCUT2D eigenvalue weighted by Crippen LogP contribution is 2.18. The zero-order valence-corrected chi connectivity index (χ0v) is 11.2. The van der Waals surface area contributed by atoms with Gasteiger partial charge in [-0.1, -0.05) is 39.0 Å². The molecule has 0 bridgehead atoms. The molecule has 0 N–H and O–H groups in total. The van der Waals surface area contributed by atoms with Gasteiger partial charge in [0.1, 0.15) is 0 Å². The monoisotopic (exact) mass is 238 g/mol. The average molecular weight is 238 g/mol. The maximum absolute atomic E-state index is 11.8. The molecule has 0 aromatic carbocycles. The third-order valence-corrected chi connectivity index (χ3v) is 3.81. The Morgan fingerprint density at radius 2 is 1.81 bits per heavy atom. The van der Waals surface area contributed by atoms with Crippen LogP contribution in [0.5, 0.6) is 0 Å². The van der Waals surface area contributed by atoms with E-state index in [1.54, 1.807) is 11.3 Å². The molecule has 1 nitrogen and oxygen atoms in total. The number of thiophene rings is 1. The average Bonchev–Trinajstić information content (AvgIpc) is 2.70. The van der Waals surface area contributed by atoms with Crippen molar-refractivity contribution in [3.05, 3.63) is 21.9 Å². The fourth-order valence-corrected chi connectivity index (χ4v) is 2.61. The van der Waals surface area contributed by atoms with Gasteiger partial charge in [0.05, 0.1) is 4.88 Å². The first-order valence-corrected chi connectivity index (χ1v) is 7.15. The molecular formula is C14H22OS. The minimum absolute atomic E-state index is 0.327. The molecule has 0 saturated heterocycles. The molecule has 1 aromatic heterocycles. The minimum Gasteiger partial charge on any atom is -0.293 e. The maximum Gasteiger partial charge on any atom is 0.172 e. The molecule has 0 radical (unpaired) electrons. The molecule has 16 heavy (non-hydrogen) atoms. The first-order valence-electron chi connectivity index (χ1n) is 6.33. The molecule has 2 heteroatoms. The van der Waals surface area contributed by atoms with E-state index in [1.165, 1.54) is 37.0 Å². The quantitative estimate of drug-likeness (QED) is 0.460. The summed E-state index contributed by atoms with van der Waals surface area (Å²) in [5.41, 5.74) is 0. The lowest BCUT2D eigenvalue weighted by atomic mass is 10.1. The zero-order chi connectivity index (χ0) is 11.8. The van der Waals surface area contributed by atoms with E-state index in [1.807, 2.05) is 19.1 Å². The third-order valence-electron chi connectivity index (χ3n) is 2.77. The standard InChI is InChI=1S/C14H22OS/c1-3-4-5-6-7-8-9-13(15)14-11-10-12(2)16-14/h10-11H,3-9H2,1-2H3. The molecule has 1 rings (SSSR count). The number of carbonyl (C=O) groups excluding carboxylic acids is 1. The predicted molar refractivity (Wildman–Crippen MR) is 71.4 cm³/mol. The van der Waals surface area contributed by atoms with Crippen LogP contribution in [-0.2, 0) is 0 Å². The molecule has 90 valence electrons. The first kappa shape index (κ1) is 13.4. The number of carbonyl (C=O) groups is 1. The molecule has 0 atom stereocenters. The summed E-state index contributed by atoms with van der Waals surface area (Å²) < 4.78 is 0. The Kier molecular flexibility index (Phi) is 6.39. The van der Waals surface area contributed by atoms with Crippen LogP contribution in [0.3, 0.4) is 0 Å². The van der Waals surface area contributed by atoms with Crippen LogP contribution < -0.4 is 0 Å². The summed E-state index contributed by atoms with van der Waals surface area (Å²) in [7, 11) is 0. The Labute approximate surface area is 103 Å². The Bertz CT molecular complexity index is 314. The summed E-state index contributed by atoms with van der Waals surface area (Å²) in [6.07, 6.45) is 8.21. The van der Waals surface area contributed by atoms with E-state index in [2.05, 4.69) is 6.92 Å². The SMILES string of the molecule is CCCCCCCCC(=O)c1ccc(C)s1. The minimum atomic E-state index is 0.327. The van der Waals surface area contributed by atoms with Gasteiger partial charge >= 0.3 is 0 Å². The van der Waals surface area contributed by atoms with E-state index in [9.17, 15) is 4.79 Å². The molecular weight excluding hydrogens is 216 g/mol. The highest BCUT2D eigenvalue weighted by Gasteiger charge is 2.07. The van der Waals surface area contributed by atoms with Crippen LogP contribution in [0.1, 0.15) is 66.4 Å². The smallest absolute Gasteiger partial charge is 0.172 e. The van der Waals surface area contributed by atoms with Crippen molar-refractivity contribution in [1.29, 1.82) is 0 Å². The summed E-state index contributed by atoms with van der Waals surface area (Å²) in [6, 6.07) is 3.98. The molecule has 0 aliphatic carbocycles. The van der Waals surface area contributed by atoms with Crippen LogP contribution in [0, 0.1) is 6.92 Å². The maximum atomic E-state index is 11.8. The number of hydrogen-bond acceptors (Lipinski definition) is 2. The summed E-state index contributed by atoms with van der Waals surface area (Å²) >= 11 is 1.62. The highest BCUT2D eigenvalue weighted by molar-refractivity contribution is 7.14. The van der Waals surface area contributed by atoms with Crippen molar-refractivity contribution >= 4 is 17.1 Å². The fourth-order valence-electron chi connectivity index (χ4n) is 1.77. The molecule has 0 aliphatic rings. The molecule has 0 fully saturated rings. The lowest BCUT2D eigenvalue weighted by molar-refractivity contribution is 0.0983. The molecule has 0 amide bonds. The van der Waals surface area contributed by atoms with Crippen LogP contribution in [0.2, 0.25) is 0 Å². The Balaban J connectivity index is 2.11. The van der Waals surface area contributed by atoms with Crippen molar-refractivity contribution in [2.24, 2.45) is 0 Å². The van der Waals surface area contributed by atoms with E-state index in [0.29, 0.717) is 5.78 Å². The van der Waals surface area contributed by atoms with E-state index in [4.69, 9.17) is 0 Å². The Morgan fingerprint density at radius 3 is 2.44 bits per heavy atom. The van der Waals surface area contributed by atoms with Crippen LogP contribution in [0.15, 0.2) is 12.1 Å². The molecule has 1 aromatic rings. The van der Waals surface area contributed by atoms with Gasteiger partial charge in [-0.25, -0.2) is 0 Å². The van der Waals surface area contributed by atoms with E-state index < -0.39 is 0 Å². The normalized spacial score (nSPS) is 10.6. The fraction of sp³-hybridized carbons (Fsp3) is 0.643. The van der Waals surface area contributed by atoms with Gasteiger partial charge in [-0.3, -0.25) is 4.79 Å². The number of hydrogen-bond donors (Lipinski definition) is 0. The van der Waals surface area contributed by atoms with Gasteiger partial charge in [0.25, 0.3) is 0 Å². The third kappa shape index (κ3) is 4.93. The largest absolute Gasteiger partial charge is 0.293 e. The Hall–Kier alpha value is -0.630. The molecule has 1 heterocycles. The van der Waals surface area contributed by atoms with Gasteiger partial charge in [-0.05, 0) is 25.5 Å². The van der Waals surface area contributed by atoms with Gasteiger partial charge in [0, 0.05) is 11.3 Å². The lowest BCUT2D eigenvalue weighted by Crippen LogP contribution is -1.95. The van der Waals surface area contributed by atoms with Crippen molar-refractivity contribution in [3.8, 4) is 0 Å². The first-order chi connectivity index (χ1) is 7.74. The van der Waals surface area contributed by atoms with Crippen molar-refractivity contribution in [1.82, 2.24) is 0 Å². The van der Waals surface area contributed by atoms with Gasteiger partial charge in [-0.2, -0.15) is 0 Å². The number of Topliss-reactive ketones (excluding diaryl/α,β-unsaturated/α-hetero) is 1. The van der Waals surface area contributed by atoms with Crippen molar-refractivity contribution in [2.45, 2.75) is 58.8 Å². The molecule has 0 spiro atoms. The highest BCUT2D eigenvalue weighted by atomic mass is 32.1. The lowest BCUT2D eigenvalue weighted by Gasteiger charge is -1.99. The molecule has 0 unspecified atom stereocenters. The summed E-state index contributed by atoms with van der Waals surface area (Å²) in [5.74, 6) is 0.327. The van der Waals surface area contributed by atoms with Gasteiger partial charge in [0.2, 0.25) is 0 Å². The Morgan fingerprint density at radius 1 is 1.12 bits per heavy atom. The van der Waals surface area contributed by atoms with Crippen molar-refractivity contribution in [3.63, 3.8) is 0 Å². The topological polar surface area (TPSA) is 17.1 Å². The van der Waals surface area contributed by atoms with E-state index in [0.717, 1.165) is 17.7 Å². The van der Waals surface area contributed by atoms with Crippen LogP contribution >= 0.6 is 11.3 Å². The van der Waals surface area contributed by atoms with E-state index >= 15 is 0 Å². The van der Waals surface area contributed by atoms with Crippen LogP contribution in [0.25, 0.3) is 0 Å². The second-order valence-corrected chi connectivity index (χ2v) is 5.64. The number of rotatable bonds is 8. The van der Waals surface area contributed by atoms with E-state index in [-0.39, 0.29) is 0 Å². The predicted octanol–water partition coefficient (Wildman–Crippen LogP) is 4.99. The molecule has 0 aliphatic heterocycles. The van der Waals surface area contributed by atoms with Crippen molar-refractivity contribution in [2.75, 3.05) is 0 Å². The summed E-state index contributed by atoms with van der Waals surface area (Å²) in [5, 5.41) is 0. The van der Waals surface area contributed by atoms with Gasteiger partial charge < -0.3 is 0 Å². The number of ketones is 1. The number of unbranched alkanes of at least 4 members (excludes halogenated alkanes) is 5. The van der Waals surface area contributed by atoms with Crippen LogP contribution in [-0.4, -0.2) is 5.78 Å². The van der Waals surface area contributed by atoms with Crippen LogP contribution in [0.4, 0.5) is 0 Å². The van der Waals surface area contributed by atoms with Gasteiger partial charge in [0.15, 0.2) is 5.78 Å². The summed E-state index contributed by atoms with van der Waals surface area (Å²) in [4.78, 5) is 13.9. The number of aryl methyl sites for hydroxylation is 1. The second-order valence-electron chi connectivity index (χ2n) is 4.35. The zero-order valence-electron chi connectivity index (χ0n) is 10.4. The van der Waals surface area contributed by atoms with Gasteiger partial charge in [-0.15, -0.1) is 11.3 Å². The van der Waals surface area contributed by atoms with Crippen molar-refractivity contribution < 1.29 is 4.79 Å².